The van der Waals surface area contributed by atoms with Gasteiger partial charge in [0, 0.05) is 17.0 Å². The average molecular weight is 467 g/mol. The molecule has 6 aromatic rings. The van der Waals surface area contributed by atoms with Crippen molar-refractivity contribution >= 4 is 49.3 Å². The van der Waals surface area contributed by atoms with Crippen LogP contribution in [-0.4, -0.2) is 11.4 Å². The van der Waals surface area contributed by atoms with Crippen LogP contribution in [0.3, 0.4) is 0 Å². The number of nitrogens with zero attached hydrogens (tertiary/aromatic N) is 2. The molecule has 31 heavy (non-hydrogen) atoms. The third-order valence-electron chi connectivity index (χ3n) is 6.08. The van der Waals surface area contributed by atoms with E-state index in [0.29, 0.717) is 6.54 Å². The molecule has 3 nitrogen and oxygen atoms in total. The molecule has 1 N–H and O–H groups in total. The lowest BCUT2D eigenvalue weighted by molar-refractivity contribution is -0.687. The van der Waals surface area contributed by atoms with E-state index in [1.54, 1.807) is 0 Å². The molecular formula is C27H19BrN2O. The maximum absolute atomic E-state index is 9.20. The van der Waals surface area contributed by atoms with Crippen LogP contribution in [0.25, 0.3) is 43.1 Å². The molecule has 0 fully saturated rings. The Balaban J connectivity index is 0.00000204. The lowest BCUT2D eigenvalue weighted by atomic mass is 9.92. The minimum atomic E-state index is 0. The average Bonchev–Trinajstić information content (AvgIpc) is 2.79. The molecule has 0 saturated carbocycles. The highest BCUT2D eigenvalue weighted by Crippen LogP contribution is 2.35. The molecule has 0 unspecified atom stereocenters. The predicted molar refractivity (Wildman–Crippen MR) is 123 cm³/mol. The number of oxime groups is 1. The van der Waals surface area contributed by atoms with Crippen LogP contribution in [0.5, 0.6) is 0 Å². The molecule has 0 atom stereocenters. The number of pyridine rings is 1. The number of hydrogen-bond acceptors (Lipinski definition) is 2. The number of benzene rings is 5. The Morgan fingerprint density at radius 3 is 2.13 bits per heavy atom. The van der Waals surface area contributed by atoms with Crippen LogP contribution in [-0.2, 0) is 6.54 Å². The number of rotatable bonds is 3. The maximum atomic E-state index is 9.20. The molecule has 0 aliphatic rings. The summed E-state index contributed by atoms with van der Waals surface area (Å²) >= 11 is 0. The van der Waals surface area contributed by atoms with Gasteiger partial charge in [0.05, 0.1) is 0 Å². The normalized spacial score (nSPS) is 11.7. The second kappa shape index (κ2) is 7.64. The Hall–Kier alpha value is -3.50. The van der Waals surface area contributed by atoms with Crippen LogP contribution in [0, 0.1) is 0 Å². The van der Waals surface area contributed by atoms with Crippen molar-refractivity contribution in [2.24, 2.45) is 5.16 Å². The minimum absolute atomic E-state index is 0. The molecule has 0 spiro atoms. The van der Waals surface area contributed by atoms with E-state index in [0.717, 1.165) is 16.5 Å². The van der Waals surface area contributed by atoms with Gasteiger partial charge >= 0.3 is 0 Å². The van der Waals surface area contributed by atoms with E-state index < -0.39 is 0 Å². The zero-order valence-electron chi connectivity index (χ0n) is 16.7. The monoisotopic (exact) mass is 466 g/mol. The SMILES string of the molecule is O/N=C\c1cc2ccccc2c[n+]1Cc1ccc2ccc3cccc4ccc1c2c34.[Br-]. The fourth-order valence-corrected chi connectivity index (χ4v) is 4.67. The van der Waals surface area contributed by atoms with Gasteiger partial charge in [0.25, 0.3) is 0 Å². The van der Waals surface area contributed by atoms with Gasteiger partial charge in [-0.25, -0.2) is 0 Å². The van der Waals surface area contributed by atoms with Crippen LogP contribution in [0.15, 0.2) is 96.3 Å². The van der Waals surface area contributed by atoms with Crippen LogP contribution in [0.4, 0.5) is 0 Å². The summed E-state index contributed by atoms with van der Waals surface area (Å²) in [6.07, 6.45) is 3.63. The van der Waals surface area contributed by atoms with Gasteiger partial charge in [0.1, 0.15) is 6.21 Å². The first-order chi connectivity index (χ1) is 14.8. The van der Waals surface area contributed by atoms with Gasteiger partial charge in [-0.15, -0.1) is 0 Å². The minimum Gasteiger partial charge on any atom is -1.00 e. The van der Waals surface area contributed by atoms with E-state index in [9.17, 15) is 5.21 Å². The van der Waals surface area contributed by atoms with Crippen molar-refractivity contribution in [1.29, 1.82) is 0 Å². The molecular weight excluding hydrogens is 448 g/mol. The molecule has 4 heteroatoms. The lowest BCUT2D eigenvalue weighted by Gasteiger charge is -2.13. The highest BCUT2D eigenvalue weighted by Gasteiger charge is 2.16. The smallest absolute Gasteiger partial charge is 0.227 e. The first-order valence-corrected chi connectivity index (χ1v) is 10.1. The zero-order valence-corrected chi connectivity index (χ0v) is 18.3. The largest absolute Gasteiger partial charge is 1.00 e. The number of halogens is 1. The van der Waals surface area contributed by atoms with E-state index in [1.165, 1.54) is 44.1 Å². The van der Waals surface area contributed by atoms with Crippen molar-refractivity contribution in [3.8, 4) is 0 Å². The van der Waals surface area contributed by atoms with E-state index in [2.05, 4.69) is 88.7 Å². The second-order valence-electron chi connectivity index (χ2n) is 7.78. The zero-order chi connectivity index (χ0) is 20.1. The number of fused-ring (bicyclic) bond motifs is 1. The van der Waals surface area contributed by atoms with Gasteiger partial charge in [0.15, 0.2) is 12.7 Å². The highest BCUT2D eigenvalue weighted by atomic mass is 79.9. The molecule has 1 heterocycles. The van der Waals surface area contributed by atoms with Gasteiger partial charge in [-0.05, 0) is 43.8 Å². The Kier molecular flexibility index (Phi) is 4.79. The maximum Gasteiger partial charge on any atom is 0.227 e. The van der Waals surface area contributed by atoms with Gasteiger partial charge in [-0.1, -0.05) is 78.0 Å². The summed E-state index contributed by atoms with van der Waals surface area (Å²) in [6.45, 7) is 0.695. The van der Waals surface area contributed by atoms with Gasteiger partial charge in [0.2, 0.25) is 5.69 Å². The van der Waals surface area contributed by atoms with Crippen LogP contribution in [0.1, 0.15) is 11.3 Å². The molecule has 5 aromatic carbocycles. The van der Waals surface area contributed by atoms with Gasteiger partial charge in [-0.3, -0.25) is 0 Å². The van der Waals surface area contributed by atoms with Crippen molar-refractivity contribution in [1.82, 2.24) is 0 Å². The molecule has 0 radical (unpaired) electrons. The molecule has 0 saturated heterocycles. The van der Waals surface area contributed by atoms with E-state index >= 15 is 0 Å². The van der Waals surface area contributed by atoms with Crippen LogP contribution in [0.2, 0.25) is 0 Å². The van der Waals surface area contributed by atoms with Crippen molar-refractivity contribution < 1.29 is 26.8 Å². The van der Waals surface area contributed by atoms with E-state index in [1.807, 2.05) is 12.1 Å². The first kappa shape index (κ1) is 19.5. The Morgan fingerprint density at radius 1 is 0.710 bits per heavy atom. The fourth-order valence-electron chi connectivity index (χ4n) is 4.67. The third-order valence-corrected chi connectivity index (χ3v) is 6.08. The highest BCUT2D eigenvalue weighted by molar-refractivity contribution is 6.23. The summed E-state index contributed by atoms with van der Waals surface area (Å²) in [4.78, 5) is 0. The lowest BCUT2D eigenvalue weighted by Crippen LogP contribution is -3.00. The molecule has 0 bridgehead atoms. The van der Waals surface area contributed by atoms with Crippen molar-refractivity contribution in [3.05, 3.63) is 102 Å². The van der Waals surface area contributed by atoms with Crippen LogP contribution >= 0.6 is 0 Å². The summed E-state index contributed by atoms with van der Waals surface area (Å²) in [5.41, 5.74) is 2.11. The van der Waals surface area contributed by atoms with Crippen molar-refractivity contribution in [3.63, 3.8) is 0 Å². The first-order valence-electron chi connectivity index (χ1n) is 10.1. The summed E-state index contributed by atoms with van der Waals surface area (Å²) in [5.74, 6) is 0. The number of aromatic nitrogens is 1. The Morgan fingerprint density at radius 2 is 1.35 bits per heavy atom. The summed E-state index contributed by atoms with van der Waals surface area (Å²) in [7, 11) is 0. The molecule has 0 aliphatic carbocycles. The molecule has 0 aliphatic heterocycles. The molecule has 1 aromatic heterocycles. The van der Waals surface area contributed by atoms with Crippen molar-refractivity contribution in [2.45, 2.75) is 6.54 Å². The standard InChI is InChI=1S/C27H18N2O.BrH/c30-28-15-24-14-21-4-1-2-5-22(21)16-29(24)17-23-11-10-20-9-8-18-6-3-7-19-12-13-25(23)27(20)26(18)19;/h1-16H,17H2;1H. The summed E-state index contributed by atoms with van der Waals surface area (Å²) < 4.78 is 2.15. The molecule has 0 amide bonds. The summed E-state index contributed by atoms with van der Waals surface area (Å²) in [6, 6.07) is 30.1. The topological polar surface area (TPSA) is 36.5 Å². The van der Waals surface area contributed by atoms with E-state index in [-0.39, 0.29) is 17.0 Å². The second-order valence-corrected chi connectivity index (χ2v) is 7.78. The van der Waals surface area contributed by atoms with Gasteiger partial charge < -0.3 is 22.2 Å². The predicted octanol–water partition coefficient (Wildman–Crippen LogP) is 2.89. The van der Waals surface area contributed by atoms with Crippen LogP contribution < -0.4 is 21.5 Å². The quantitative estimate of drug-likeness (QED) is 0.140. The van der Waals surface area contributed by atoms with Crippen molar-refractivity contribution in [2.75, 3.05) is 0 Å². The molecule has 150 valence electrons. The molecule has 6 rings (SSSR count). The van der Waals surface area contributed by atoms with Gasteiger partial charge in [-0.2, -0.15) is 4.57 Å². The van der Waals surface area contributed by atoms with E-state index in [4.69, 9.17) is 0 Å². The Labute approximate surface area is 190 Å². The number of hydrogen-bond donors (Lipinski definition) is 1. The third kappa shape index (κ3) is 3.11. The summed E-state index contributed by atoms with van der Waals surface area (Å²) in [5, 5.41) is 22.5. The fraction of sp³-hybridized carbons (Fsp3) is 0.0370. The Bertz CT molecular complexity index is 1570.